The summed E-state index contributed by atoms with van der Waals surface area (Å²) in [6, 6.07) is 0. The Morgan fingerprint density at radius 2 is 1.69 bits per heavy atom. The van der Waals surface area contributed by atoms with Gasteiger partial charge in [0.05, 0.1) is 6.61 Å². The highest BCUT2D eigenvalue weighted by atomic mass is 16.6. The van der Waals surface area contributed by atoms with Crippen LogP contribution in [-0.2, 0) is 19.1 Å². The van der Waals surface area contributed by atoms with E-state index in [0.29, 0.717) is 0 Å². The molecule has 0 bridgehead atoms. The second-order valence-corrected chi connectivity index (χ2v) is 3.09. The van der Waals surface area contributed by atoms with Gasteiger partial charge in [0.2, 0.25) is 0 Å². The molecule has 0 saturated carbocycles. The molecule has 0 aromatic heterocycles. The molecule has 1 unspecified atom stereocenters. The van der Waals surface area contributed by atoms with Crippen molar-refractivity contribution in [2.24, 2.45) is 5.92 Å². The van der Waals surface area contributed by atoms with Gasteiger partial charge in [0.1, 0.15) is 6.10 Å². The van der Waals surface area contributed by atoms with Crippen molar-refractivity contribution in [2.75, 3.05) is 6.61 Å². The Morgan fingerprint density at radius 1 is 1.15 bits per heavy atom. The van der Waals surface area contributed by atoms with Crippen molar-refractivity contribution >= 4 is 11.9 Å². The van der Waals surface area contributed by atoms with Crippen LogP contribution >= 0.6 is 0 Å². The molecule has 0 saturated heterocycles. The number of hydrogen-bond donors (Lipinski definition) is 0. The highest BCUT2D eigenvalue weighted by Crippen LogP contribution is 2.07. The van der Waals surface area contributed by atoms with E-state index in [4.69, 9.17) is 9.47 Å². The Kier molecular flexibility index (Phi) is 5.11. The molecule has 4 nitrogen and oxygen atoms in total. The van der Waals surface area contributed by atoms with Gasteiger partial charge in [-0.1, -0.05) is 6.92 Å². The Morgan fingerprint density at radius 3 is 2.08 bits per heavy atom. The Hall–Kier alpha value is -1.06. The second kappa shape index (κ2) is 5.56. The first-order chi connectivity index (χ1) is 5.93. The fourth-order valence-corrected chi connectivity index (χ4v) is 0.762. The minimum absolute atomic E-state index is 0.0211. The van der Waals surface area contributed by atoms with E-state index < -0.39 is 0 Å². The molecule has 4 heteroatoms. The predicted molar refractivity (Wildman–Crippen MR) is 47.0 cm³/mol. The van der Waals surface area contributed by atoms with Crippen molar-refractivity contribution in [3.63, 3.8) is 0 Å². The van der Waals surface area contributed by atoms with Crippen LogP contribution in [-0.4, -0.2) is 24.6 Å². The molecule has 0 aliphatic carbocycles. The minimum atomic E-state index is -0.318. The Bertz CT molecular complexity index is 188. The van der Waals surface area contributed by atoms with Gasteiger partial charge in [-0.2, -0.15) is 0 Å². The molecule has 0 spiro atoms. The van der Waals surface area contributed by atoms with Crippen LogP contribution in [0.25, 0.3) is 0 Å². The molecule has 0 amide bonds. The summed E-state index contributed by atoms with van der Waals surface area (Å²) >= 11 is 0. The van der Waals surface area contributed by atoms with E-state index in [1.807, 2.05) is 6.92 Å². The third-order valence-corrected chi connectivity index (χ3v) is 1.70. The van der Waals surface area contributed by atoms with E-state index >= 15 is 0 Å². The van der Waals surface area contributed by atoms with E-state index in [1.165, 1.54) is 13.8 Å². The first-order valence-electron chi connectivity index (χ1n) is 4.24. The molecule has 0 aromatic carbocycles. The van der Waals surface area contributed by atoms with Crippen LogP contribution in [0.5, 0.6) is 0 Å². The molecule has 0 rings (SSSR count). The summed E-state index contributed by atoms with van der Waals surface area (Å²) in [4.78, 5) is 21.0. The first kappa shape index (κ1) is 11.9. The van der Waals surface area contributed by atoms with E-state index in [1.54, 1.807) is 6.92 Å². The van der Waals surface area contributed by atoms with Gasteiger partial charge in [-0.3, -0.25) is 9.59 Å². The predicted octanol–water partition coefficient (Wildman–Crippen LogP) is 1.14. The Labute approximate surface area is 78.2 Å². The molecule has 0 N–H and O–H groups in total. The molecular formula is C9H16O4. The number of rotatable bonds is 4. The zero-order chi connectivity index (χ0) is 10.4. The van der Waals surface area contributed by atoms with Crippen molar-refractivity contribution < 1.29 is 19.1 Å². The van der Waals surface area contributed by atoms with Gasteiger partial charge < -0.3 is 9.47 Å². The topological polar surface area (TPSA) is 52.6 Å². The minimum Gasteiger partial charge on any atom is -0.465 e. The average molecular weight is 188 g/mol. The molecule has 0 aliphatic rings. The maximum absolute atomic E-state index is 10.6. The Balaban J connectivity index is 3.75. The van der Waals surface area contributed by atoms with E-state index in [0.717, 1.165) is 0 Å². The van der Waals surface area contributed by atoms with Crippen LogP contribution < -0.4 is 0 Å². The number of hydrogen-bond acceptors (Lipinski definition) is 4. The second-order valence-electron chi connectivity index (χ2n) is 3.09. The molecule has 76 valence electrons. The molecule has 0 fully saturated rings. The smallest absolute Gasteiger partial charge is 0.302 e. The molecular weight excluding hydrogens is 172 g/mol. The zero-order valence-corrected chi connectivity index (χ0v) is 8.49. The van der Waals surface area contributed by atoms with Gasteiger partial charge in [-0.05, 0) is 6.92 Å². The molecule has 0 heterocycles. The zero-order valence-electron chi connectivity index (χ0n) is 8.49. The van der Waals surface area contributed by atoms with E-state index in [-0.39, 0.29) is 30.6 Å². The van der Waals surface area contributed by atoms with Crippen LogP contribution in [0.2, 0.25) is 0 Å². The van der Waals surface area contributed by atoms with Crippen LogP contribution in [0.4, 0.5) is 0 Å². The van der Waals surface area contributed by atoms with Crippen LogP contribution in [0, 0.1) is 5.92 Å². The lowest BCUT2D eigenvalue weighted by atomic mass is 10.1. The summed E-state index contributed by atoms with van der Waals surface area (Å²) in [5, 5.41) is 0. The largest absolute Gasteiger partial charge is 0.465 e. The normalized spacial score (nSPS) is 14.5. The standard InChI is InChI=1S/C9H16O4/c1-6(5-12-8(3)10)7(2)13-9(4)11/h6-7H,5H2,1-4H3/t6?,7-/m0/s1. The molecule has 13 heavy (non-hydrogen) atoms. The maximum Gasteiger partial charge on any atom is 0.302 e. The first-order valence-corrected chi connectivity index (χ1v) is 4.24. The van der Waals surface area contributed by atoms with Crippen LogP contribution in [0.15, 0.2) is 0 Å². The number of ether oxygens (including phenoxy) is 2. The summed E-state index contributed by atoms with van der Waals surface area (Å²) in [5.41, 5.74) is 0. The SMILES string of the molecule is CC(=O)OCC(C)[C@H](C)OC(C)=O. The number of carbonyl (C=O) groups excluding carboxylic acids is 2. The van der Waals surface area contributed by atoms with Crippen molar-refractivity contribution in [3.8, 4) is 0 Å². The molecule has 0 radical (unpaired) electrons. The molecule has 2 atom stereocenters. The average Bonchev–Trinajstić information content (AvgIpc) is 1.98. The van der Waals surface area contributed by atoms with Gasteiger partial charge in [0, 0.05) is 19.8 Å². The van der Waals surface area contributed by atoms with Gasteiger partial charge in [0.25, 0.3) is 0 Å². The lowest BCUT2D eigenvalue weighted by Crippen LogP contribution is -2.25. The lowest BCUT2D eigenvalue weighted by molar-refractivity contribution is -0.151. The van der Waals surface area contributed by atoms with Crippen molar-refractivity contribution in [2.45, 2.75) is 33.8 Å². The third kappa shape index (κ3) is 6.13. The van der Waals surface area contributed by atoms with E-state index in [9.17, 15) is 9.59 Å². The quantitative estimate of drug-likeness (QED) is 0.621. The summed E-state index contributed by atoms with van der Waals surface area (Å²) in [6.07, 6.45) is -0.225. The monoisotopic (exact) mass is 188 g/mol. The molecule has 0 aromatic rings. The number of esters is 2. The van der Waals surface area contributed by atoms with Crippen LogP contribution in [0.1, 0.15) is 27.7 Å². The highest BCUT2D eigenvalue weighted by Gasteiger charge is 2.15. The fourth-order valence-electron chi connectivity index (χ4n) is 0.762. The van der Waals surface area contributed by atoms with Gasteiger partial charge in [0.15, 0.2) is 0 Å². The summed E-state index contributed by atoms with van der Waals surface area (Å²) in [6.45, 7) is 6.62. The summed E-state index contributed by atoms with van der Waals surface area (Å²) < 4.78 is 9.69. The lowest BCUT2D eigenvalue weighted by Gasteiger charge is -2.18. The van der Waals surface area contributed by atoms with Crippen molar-refractivity contribution in [1.29, 1.82) is 0 Å². The van der Waals surface area contributed by atoms with Crippen LogP contribution in [0.3, 0.4) is 0 Å². The summed E-state index contributed by atoms with van der Waals surface area (Å²) in [5.74, 6) is -0.614. The van der Waals surface area contributed by atoms with Gasteiger partial charge in [-0.15, -0.1) is 0 Å². The molecule has 0 aliphatic heterocycles. The van der Waals surface area contributed by atoms with Crippen molar-refractivity contribution in [3.05, 3.63) is 0 Å². The number of carbonyl (C=O) groups is 2. The van der Waals surface area contributed by atoms with Gasteiger partial charge >= 0.3 is 11.9 Å². The summed E-state index contributed by atoms with van der Waals surface area (Å²) in [7, 11) is 0. The van der Waals surface area contributed by atoms with E-state index in [2.05, 4.69) is 0 Å². The third-order valence-electron chi connectivity index (χ3n) is 1.70. The van der Waals surface area contributed by atoms with Crippen molar-refractivity contribution in [1.82, 2.24) is 0 Å². The maximum atomic E-state index is 10.6. The fraction of sp³-hybridized carbons (Fsp3) is 0.778. The highest BCUT2D eigenvalue weighted by molar-refractivity contribution is 5.66. The van der Waals surface area contributed by atoms with Gasteiger partial charge in [-0.25, -0.2) is 0 Å².